The molecule has 0 aliphatic carbocycles. The van der Waals surface area contributed by atoms with E-state index in [-0.39, 0.29) is 24.8 Å². The molecule has 8 nitrogen and oxygen atoms in total. The molecule has 1 fully saturated rings. The molecule has 4 aromatic rings. The molecule has 6 rings (SSSR count). The molecule has 0 unspecified atom stereocenters. The maximum absolute atomic E-state index is 13.1. The maximum Gasteiger partial charge on any atom is 0.231 e. The van der Waals surface area contributed by atoms with Crippen LogP contribution in [0, 0.1) is 27.7 Å². The summed E-state index contributed by atoms with van der Waals surface area (Å²) < 4.78 is 13.4. The summed E-state index contributed by atoms with van der Waals surface area (Å²) in [6.07, 6.45) is 2.09. The quantitative estimate of drug-likeness (QED) is 0.272. The first-order valence-corrected chi connectivity index (χ1v) is 14.1. The average Bonchev–Trinajstić information content (AvgIpc) is 3.64. The SMILES string of the molecule is Cc1ccc(C)c(NC(=O)CCN2C(=S)N[C@H](c3ccccn3)[C@H]2c2cc(C)n(-c3ccc4c(c3)OCO4)c2C)c1. The highest BCUT2D eigenvalue weighted by Gasteiger charge is 2.41. The zero-order valence-corrected chi connectivity index (χ0v) is 24.4. The van der Waals surface area contributed by atoms with Crippen molar-refractivity contribution in [1.82, 2.24) is 19.8 Å². The second kappa shape index (κ2) is 10.9. The minimum absolute atomic E-state index is 0.0487. The van der Waals surface area contributed by atoms with Crippen LogP contribution in [0.15, 0.2) is 66.9 Å². The van der Waals surface area contributed by atoms with E-state index >= 15 is 0 Å². The van der Waals surface area contributed by atoms with Gasteiger partial charge in [-0.15, -0.1) is 0 Å². The molecule has 0 saturated carbocycles. The van der Waals surface area contributed by atoms with E-state index in [0.717, 1.165) is 56.6 Å². The van der Waals surface area contributed by atoms with Crippen LogP contribution in [-0.4, -0.2) is 38.8 Å². The van der Waals surface area contributed by atoms with Crippen LogP contribution in [0.1, 0.15) is 52.3 Å². The largest absolute Gasteiger partial charge is 0.454 e. The normalized spacial score (nSPS) is 17.6. The summed E-state index contributed by atoms with van der Waals surface area (Å²) in [4.78, 5) is 19.9. The monoisotopic (exact) mass is 567 g/mol. The molecule has 2 aromatic carbocycles. The predicted octanol–water partition coefficient (Wildman–Crippen LogP) is 5.84. The van der Waals surface area contributed by atoms with Crippen LogP contribution in [0.5, 0.6) is 11.5 Å². The number of fused-ring (bicyclic) bond motifs is 1. The first-order chi connectivity index (χ1) is 19.8. The fourth-order valence-corrected chi connectivity index (χ4v) is 6.13. The number of carbonyl (C=O) groups is 1. The number of aryl methyl sites for hydroxylation is 3. The zero-order chi connectivity index (χ0) is 28.7. The number of amides is 1. The number of hydrogen-bond donors (Lipinski definition) is 2. The summed E-state index contributed by atoms with van der Waals surface area (Å²) >= 11 is 5.86. The Bertz CT molecular complexity index is 1630. The number of ether oxygens (including phenoxy) is 2. The second-order valence-electron chi connectivity index (χ2n) is 10.6. The van der Waals surface area contributed by atoms with E-state index < -0.39 is 0 Å². The van der Waals surface area contributed by atoms with Gasteiger partial charge in [0.05, 0.1) is 17.8 Å². The van der Waals surface area contributed by atoms with E-state index in [9.17, 15) is 4.79 Å². The third-order valence-electron chi connectivity index (χ3n) is 7.85. The topological polar surface area (TPSA) is 80.7 Å². The maximum atomic E-state index is 13.1. The summed E-state index contributed by atoms with van der Waals surface area (Å²) in [7, 11) is 0. The van der Waals surface area contributed by atoms with Crippen molar-refractivity contribution < 1.29 is 14.3 Å². The number of hydrogen-bond acceptors (Lipinski definition) is 5. The lowest BCUT2D eigenvalue weighted by atomic mass is 9.96. The number of pyridine rings is 1. The fourth-order valence-electron chi connectivity index (χ4n) is 5.80. The van der Waals surface area contributed by atoms with E-state index in [2.05, 4.69) is 45.0 Å². The van der Waals surface area contributed by atoms with Crippen molar-refractivity contribution >= 4 is 28.9 Å². The molecular formula is C32H33N5O3S. The first kappa shape index (κ1) is 26.8. The highest BCUT2D eigenvalue weighted by Crippen LogP contribution is 2.42. The van der Waals surface area contributed by atoms with Crippen LogP contribution >= 0.6 is 12.2 Å². The predicted molar refractivity (Wildman–Crippen MR) is 163 cm³/mol. The highest BCUT2D eigenvalue weighted by molar-refractivity contribution is 7.80. The number of nitrogens with one attached hydrogen (secondary N) is 2. The lowest BCUT2D eigenvalue weighted by molar-refractivity contribution is -0.116. The molecule has 210 valence electrons. The van der Waals surface area contributed by atoms with Gasteiger partial charge in [0, 0.05) is 48.0 Å². The van der Waals surface area contributed by atoms with E-state index in [1.165, 1.54) is 0 Å². The Morgan fingerprint density at radius 3 is 2.68 bits per heavy atom. The molecule has 0 spiro atoms. The van der Waals surface area contributed by atoms with E-state index in [1.807, 2.05) is 68.4 Å². The van der Waals surface area contributed by atoms with E-state index in [1.54, 1.807) is 6.20 Å². The van der Waals surface area contributed by atoms with Gasteiger partial charge in [-0.25, -0.2) is 0 Å². The molecule has 1 saturated heterocycles. The Labute approximate surface area is 245 Å². The Morgan fingerprint density at radius 2 is 1.88 bits per heavy atom. The third-order valence-corrected chi connectivity index (χ3v) is 8.20. The van der Waals surface area contributed by atoms with E-state index in [0.29, 0.717) is 18.1 Å². The van der Waals surface area contributed by atoms with Crippen molar-refractivity contribution in [3.05, 3.63) is 101 Å². The molecule has 41 heavy (non-hydrogen) atoms. The van der Waals surface area contributed by atoms with Crippen molar-refractivity contribution in [2.45, 2.75) is 46.2 Å². The van der Waals surface area contributed by atoms with Gasteiger partial charge in [-0.1, -0.05) is 18.2 Å². The van der Waals surface area contributed by atoms with Gasteiger partial charge >= 0.3 is 0 Å². The lowest BCUT2D eigenvalue weighted by Crippen LogP contribution is -2.33. The highest BCUT2D eigenvalue weighted by atomic mass is 32.1. The first-order valence-electron chi connectivity index (χ1n) is 13.7. The lowest BCUT2D eigenvalue weighted by Gasteiger charge is -2.28. The minimum atomic E-state index is -0.170. The number of thiocarbonyl (C=S) groups is 1. The molecule has 0 radical (unpaired) electrons. The molecule has 2 aliphatic heterocycles. The average molecular weight is 568 g/mol. The van der Waals surface area contributed by atoms with Gasteiger partial charge in [0.15, 0.2) is 16.6 Å². The van der Waals surface area contributed by atoms with Crippen LogP contribution in [-0.2, 0) is 4.79 Å². The Kier molecular flexibility index (Phi) is 7.13. The van der Waals surface area contributed by atoms with Crippen molar-refractivity contribution in [2.75, 3.05) is 18.7 Å². The Balaban J connectivity index is 1.32. The number of anilines is 1. The fraction of sp³-hybridized carbons (Fsp3) is 0.281. The van der Waals surface area contributed by atoms with Crippen LogP contribution in [0.4, 0.5) is 5.69 Å². The molecule has 4 heterocycles. The van der Waals surface area contributed by atoms with Gasteiger partial charge in [-0.05, 0) is 93.0 Å². The smallest absolute Gasteiger partial charge is 0.231 e. The third kappa shape index (κ3) is 5.13. The van der Waals surface area contributed by atoms with Crippen LogP contribution in [0.2, 0.25) is 0 Å². The van der Waals surface area contributed by atoms with Gasteiger partial charge in [0.25, 0.3) is 0 Å². The summed E-state index contributed by atoms with van der Waals surface area (Å²) in [6, 6.07) is 19.9. The van der Waals surface area contributed by atoms with Gasteiger partial charge in [-0.2, -0.15) is 0 Å². The standard InChI is InChI=1S/C32H33N5O3S/c1-19-8-9-20(2)26(15-19)34-29(38)12-14-36-31(30(35-32(36)41)25-7-5-6-13-33-25)24-16-21(3)37(22(24)4)23-10-11-27-28(17-23)40-18-39-27/h5-11,13,15-17,30-31H,12,14,18H2,1-4H3,(H,34,38)(H,35,41)/t30-,31-/m1/s1. The molecule has 2 aliphatic rings. The van der Waals surface area contributed by atoms with Gasteiger partial charge in [-0.3, -0.25) is 9.78 Å². The second-order valence-corrected chi connectivity index (χ2v) is 11.0. The molecule has 0 bridgehead atoms. The number of carbonyl (C=O) groups excluding carboxylic acids is 1. The molecule has 2 N–H and O–H groups in total. The summed E-state index contributed by atoms with van der Waals surface area (Å²) in [5.41, 5.74) is 8.17. The Morgan fingerprint density at radius 1 is 1.05 bits per heavy atom. The molecule has 1 amide bonds. The number of aromatic nitrogens is 2. The minimum Gasteiger partial charge on any atom is -0.454 e. The summed E-state index contributed by atoms with van der Waals surface area (Å²) in [6.45, 7) is 8.93. The summed E-state index contributed by atoms with van der Waals surface area (Å²) in [5, 5.41) is 7.20. The van der Waals surface area contributed by atoms with Crippen LogP contribution in [0.25, 0.3) is 5.69 Å². The van der Waals surface area contributed by atoms with Crippen LogP contribution < -0.4 is 20.1 Å². The van der Waals surface area contributed by atoms with E-state index in [4.69, 9.17) is 21.7 Å². The number of nitrogens with zero attached hydrogens (tertiary/aromatic N) is 3. The van der Waals surface area contributed by atoms with Crippen molar-refractivity contribution in [3.8, 4) is 17.2 Å². The van der Waals surface area contributed by atoms with Crippen molar-refractivity contribution in [2.24, 2.45) is 0 Å². The van der Waals surface area contributed by atoms with Crippen molar-refractivity contribution in [3.63, 3.8) is 0 Å². The molecule has 2 atom stereocenters. The number of benzene rings is 2. The van der Waals surface area contributed by atoms with Crippen molar-refractivity contribution in [1.29, 1.82) is 0 Å². The van der Waals surface area contributed by atoms with Gasteiger partial charge < -0.3 is 29.6 Å². The van der Waals surface area contributed by atoms with Crippen LogP contribution in [0.3, 0.4) is 0 Å². The summed E-state index contributed by atoms with van der Waals surface area (Å²) in [5.74, 6) is 1.44. The van der Waals surface area contributed by atoms with Gasteiger partial charge in [0.1, 0.15) is 0 Å². The molecule has 9 heteroatoms. The molecule has 2 aromatic heterocycles. The Hall–Kier alpha value is -4.37. The molecular weight excluding hydrogens is 534 g/mol. The zero-order valence-electron chi connectivity index (χ0n) is 23.6. The van der Waals surface area contributed by atoms with Gasteiger partial charge in [0.2, 0.25) is 12.7 Å². The number of rotatable bonds is 7.